The van der Waals surface area contributed by atoms with E-state index >= 15 is 0 Å². The van der Waals surface area contributed by atoms with Crippen molar-refractivity contribution >= 4 is 5.91 Å². The number of alkyl halides is 3. The molecule has 0 saturated carbocycles. The number of carbonyl (C=O) groups excluding carboxylic acids is 1. The van der Waals surface area contributed by atoms with Gasteiger partial charge >= 0.3 is 6.18 Å². The van der Waals surface area contributed by atoms with Crippen LogP contribution in [0.5, 0.6) is 0 Å². The Balaban J connectivity index is 2.13. The van der Waals surface area contributed by atoms with Gasteiger partial charge in [-0.1, -0.05) is 12.1 Å². The zero-order chi connectivity index (χ0) is 14.8. The molecule has 0 aliphatic carbocycles. The largest absolute Gasteiger partial charge is 0.416 e. The summed E-state index contributed by atoms with van der Waals surface area (Å²) in [7, 11) is 0. The first-order valence-electron chi connectivity index (χ1n) is 5.71. The zero-order valence-corrected chi connectivity index (χ0v) is 10.4. The fraction of sp³-hybridized carbons (Fsp3) is 0.250. The fourth-order valence-electron chi connectivity index (χ4n) is 1.65. The molecule has 2 aromatic rings. The van der Waals surface area contributed by atoms with Crippen LogP contribution in [0.1, 0.15) is 34.6 Å². The molecule has 1 amide bonds. The molecule has 1 aromatic heterocycles. The number of nitrogens with zero attached hydrogens (tertiary/aromatic N) is 2. The lowest BCUT2D eigenvalue weighted by atomic mass is 10.0. The number of nitrogens with one attached hydrogen (secondary N) is 2. The van der Waals surface area contributed by atoms with Gasteiger partial charge in [-0.3, -0.25) is 4.79 Å². The van der Waals surface area contributed by atoms with Crippen molar-refractivity contribution in [3.8, 4) is 0 Å². The number of amides is 1. The number of hydrogen-bond acceptors (Lipinski definition) is 3. The van der Waals surface area contributed by atoms with E-state index in [0.717, 1.165) is 12.1 Å². The second kappa shape index (κ2) is 5.32. The Bertz CT molecular complexity index is 595. The van der Waals surface area contributed by atoms with Crippen molar-refractivity contribution in [2.75, 3.05) is 0 Å². The molecule has 8 heteroatoms. The maximum Gasteiger partial charge on any atom is 0.416 e. The van der Waals surface area contributed by atoms with Crippen molar-refractivity contribution in [1.82, 2.24) is 20.7 Å². The summed E-state index contributed by atoms with van der Waals surface area (Å²) in [4.78, 5) is 11.7. The molecule has 0 radical (unpaired) electrons. The third kappa shape index (κ3) is 3.14. The first-order chi connectivity index (χ1) is 9.38. The third-order valence-electron chi connectivity index (χ3n) is 2.71. The number of halogens is 3. The minimum atomic E-state index is -4.41. The quantitative estimate of drug-likeness (QED) is 0.908. The monoisotopic (exact) mass is 284 g/mol. The van der Waals surface area contributed by atoms with Crippen molar-refractivity contribution in [2.24, 2.45) is 0 Å². The standard InChI is InChI=1S/C12H11F3N4O/c1-7(17-11(20)10-6-16-19-18-10)8-3-2-4-9(5-8)12(13,14)15/h2-7H,1H3,(H,17,20)(H,16,18,19). The van der Waals surface area contributed by atoms with E-state index < -0.39 is 23.7 Å². The first-order valence-corrected chi connectivity index (χ1v) is 5.71. The van der Waals surface area contributed by atoms with E-state index in [1.165, 1.54) is 18.3 Å². The van der Waals surface area contributed by atoms with Gasteiger partial charge in [0, 0.05) is 0 Å². The number of carbonyl (C=O) groups is 1. The summed E-state index contributed by atoms with van der Waals surface area (Å²) in [5, 5.41) is 11.9. The van der Waals surface area contributed by atoms with E-state index in [-0.39, 0.29) is 5.69 Å². The van der Waals surface area contributed by atoms with Crippen LogP contribution in [0.25, 0.3) is 0 Å². The summed E-state index contributed by atoms with van der Waals surface area (Å²) in [5.41, 5.74) is -0.321. The van der Waals surface area contributed by atoms with Gasteiger partial charge in [-0.05, 0) is 24.6 Å². The summed E-state index contributed by atoms with van der Waals surface area (Å²) >= 11 is 0. The molecule has 1 aromatic carbocycles. The highest BCUT2D eigenvalue weighted by atomic mass is 19.4. The summed E-state index contributed by atoms with van der Waals surface area (Å²) in [6.07, 6.45) is -3.18. The van der Waals surface area contributed by atoms with Gasteiger partial charge in [0.2, 0.25) is 0 Å². The second-order valence-corrected chi connectivity index (χ2v) is 4.17. The molecule has 0 saturated heterocycles. The van der Waals surface area contributed by atoms with Crippen molar-refractivity contribution < 1.29 is 18.0 Å². The average Bonchev–Trinajstić information content (AvgIpc) is 2.91. The van der Waals surface area contributed by atoms with Gasteiger partial charge in [-0.25, -0.2) is 0 Å². The van der Waals surface area contributed by atoms with Gasteiger partial charge in [0.1, 0.15) is 0 Å². The van der Waals surface area contributed by atoms with E-state index in [0.29, 0.717) is 5.56 Å². The predicted molar refractivity (Wildman–Crippen MR) is 63.7 cm³/mol. The van der Waals surface area contributed by atoms with Crippen LogP contribution in [0.4, 0.5) is 13.2 Å². The second-order valence-electron chi connectivity index (χ2n) is 4.17. The maximum atomic E-state index is 12.6. The Hall–Kier alpha value is -2.38. The fourth-order valence-corrected chi connectivity index (χ4v) is 1.65. The predicted octanol–water partition coefficient (Wildman–Crippen LogP) is 2.31. The molecule has 0 aliphatic rings. The van der Waals surface area contributed by atoms with Crippen molar-refractivity contribution in [2.45, 2.75) is 19.1 Å². The molecule has 0 aliphatic heterocycles. The Morgan fingerprint density at radius 1 is 1.40 bits per heavy atom. The van der Waals surface area contributed by atoms with Gasteiger partial charge in [-0.2, -0.15) is 28.6 Å². The van der Waals surface area contributed by atoms with Gasteiger partial charge in [0.25, 0.3) is 5.91 Å². The SMILES string of the molecule is CC(NC(=O)c1cn[nH]n1)c1cccc(C(F)(F)F)c1. The average molecular weight is 284 g/mol. The van der Waals surface area contributed by atoms with Gasteiger partial charge in [0.15, 0.2) is 5.69 Å². The van der Waals surface area contributed by atoms with E-state index in [2.05, 4.69) is 20.7 Å². The van der Waals surface area contributed by atoms with Gasteiger partial charge in [0.05, 0.1) is 17.8 Å². The molecule has 1 heterocycles. The highest BCUT2D eigenvalue weighted by molar-refractivity contribution is 5.92. The van der Waals surface area contributed by atoms with E-state index in [9.17, 15) is 18.0 Å². The minimum Gasteiger partial charge on any atom is -0.344 e. The lowest BCUT2D eigenvalue weighted by Crippen LogP contribution is -2.27. The summed E-state index contributed by atoms with van der Waals surface area (Å²) in [6, 6.07) is 4.23. The van der Waals surface area contributed by atoms with Crippen LogP contribution in [-0.4, -0.2) is 21.3 Å². The third-order valence-corrected chi connectivity index (χ3v) is 2.71. The Kier molecular flexibility index (Phi) is 3.73. The number of benzene rings is 1. The minimum absolute atomic E-state index is 0.0730. The Morgan fingerprint density at radius 3 is 2.75 bits per heavy atom. The normalized spacial score (nSPS) is 13.0. The number of aromatic amines is 1. The molecule has 1 atom stereocenters. The number of aromatic nitrogens is 3. The van der Waals surface area contributed by atoms with Gasteiger partial charge in [-0.15, -0.1) is 0 Å². The van der Waals surface area contributed by atoms with Crippen LogP contribution < -0.4 is 5.32 Å². The van der Waals surface area contributed by atoms with E-state index in [1.807, 2.05) is 0 Å². The number of hydrogen-bond donors (Lipinski definition) is 2. The molecular weight excluding hydrogens is 273 g/mol. The van der Waals surface area contributed by atoms with Crippen LogP contribution in [0.15, 0.2) is 30.5 Å². The smallest absolute Gasteiger partial charge is 0.344 e. The first kappa shape index (κ1) is 14.0. The summed E-state index contributed by atoms with van der Waals surface area (Å²) in [6.45, 7) is 1.59. The molecule has 2 rings (SSSR count). The van der Waals surface area contributed by atoms with Crippen LogP contribution >= 0.6 is 0 Å². The Labute approximate surface area is 112 Å². The number of rotatable bonds is 3. The van der Waals surface area contributed by atoms with Crippen molar-refractivity contribution in [1.29, 1.82) is 0 Å². The maximum absolute atomic E-state index is 12.6. The van der Waals surface area contributed by atoms with E-state index in [1.54, 1.807) is 6.92 Å². The summed E-state index contributed by atoms with van der Waals surface area (Å²) in [5.74, 6) is -0.510. The van der Waals surface area contributed by atoms with Crippen LogP contribution in [0.3, 0.4) is 0 Å². The number of H-pyrrole nitrogens is 1. The molecule has 0 fully saturated rings. The van der Waals surface area contributed by atoms with Crippen LogP contribution in [0, 0.1) is 0 Å². The molecule has 1 unspecified atom stereocenters. The lowest BCUT2D eigenvalue weighted by molar-refractivity contribution is -0.137. The van der Waals surface area contributed by atoms with Gasteiger partial charge < -0.3 is 5.32 Å². The molecule has 0 bridgehead atoms. The van der Waals surface area contributed by atoms with Crippen LogP contribution in [-0.2, 0) is 6.18 Å². The Morgan fingerprint density at radius 2 is 2.15 bits per heavy atom. The van der Waals surface area contributed by atoms with E-state index in [4.69, 9.17) is 0 Å². The summed E-state index contributed by atoms with van der Waals surface area (Å²) < 4.78 is 37.8. The highest BCUT2D eigenvalue weighted by Gasteiger charge is 2.30. The highest BCUT2D eigenvalue weighted by Crippen LogP contribution is 2.30. The van der Waals surface area contributed by atoms with Crippen molar-refractivity contribution in [3.05, 3.63) is 47.3 Å². The van der Waals surface area contributed by atoms with Crippen molar-refractivity contribution in [3.63, 3.8) is 0 Å². The molecular formula is C12H11F3N4O. The molecule has 106 valence electrons. The molecule has 2 N–H and O–H groups in total. The molecule has 0 spiro atoms. The topological polar surface area (TPSA) is 70.7 Å². The zero-order valence-electron chi connectivity index (χ0n) is 10.4. The molecule has 20 heavy (non-hydrogen) atoms. The lowest BCUT2D eigenvalue weighted by Gasteiger charge is -2.15. The molecule has 5 nitrogen and oxygen atoms in total. The van der Waals surface area contributed by atoms with Crippen LogP contribution in [0.2, 0.25) is 0 Å².